The Morgan fingerprint density at radius 1 is 1.19 bits per heavy atom. The fourth-order valence-electron chi connectivity index (χ4n) is 2.71. The van der Waals surface area contributed by atoms with E-state index in [2.05, 4.69) is 23.5 Å². The Kier molecular flexibility index (Phi) is 3.42. The lowest BCUT2D eigenvalue weighted by Crippen LogP contribution is -2.35. The van der Waals surface area contributed by atoms with Crippen molar-refractivity contribution < 1.29 is 4.79 Å². The lowest BCUT2D eigenvalue weighted by molar-refractivity contribution is -0.126. The molecule has 3 rings (SSSR count). The molecule has 0 aliphatic heterocycles. The fraction of sp³-hybridized carbons (Fsp3) is 0.353. The number of rotatable bonds is 3. The molecule has 110 valence electrons. The van der Waals surface area contributed by atoms with Gasteiger partial charge in [-0.25, -0.2) is 0 Å². The van der Waals surface area contributed by atoms with Gasteiger partial charge in [-0.05, 0) is 36.6 Å². The van der Waals surface area contributed by atoms with Gasteiger partial charge in [-0.3, -0.25) is 4.79 Å². The van der Waals surface area contributed by atoms with Crippen LogP contribution in [0, 0.1) is 5.41 Å². The van der Waals surface area contributed by atoms with E-state index in [4.69, 9.17) is 23.2 Å². The van der Waals surface area contributed by atoms with Crippen LogP contribution >= 0.6 is 23.2 Å². The van der Waals surface area contributed by atoms with Gasteiger partial charge in [0, 0.05) is 0 Å². The van der Waals surface area contributed by atoms with Crippen molar-refractivity contribution in [3.05, 3.63) is 48.0 Å². The molecule has 2 unspecified atom stereocenters. The largest absolute Gasteiger partial charge is 0.349 e. The third-order valence-electron chi connectivity index (χ3n) is 4.40. The summed E-state index contributed by atoms with van der Waals surface area (Å²) in [6, 6.07) is 14.2. The summed E-state index contributed by atoms with van der Waals surface area (Å²) < 4.78 is -0.935. The first-order chi connectivity index (χ1) is 9.85. The van der Waals surface area contributed by atoms with E-state index in [1.165, 1.54) is 0 Å². The van der Waals surface area contributed by atoms with Crippen LogP contribution in [0.1, 0.15) is 31.9 Å². The van der Waals surface area contributed by atoms with Gasteiger partial charge in [0.25, 0.3) is 0 Å². The first kappa shape index (κ1) is 14.7. The molecule has 1 aliphatic carbocycles. The standard InChI is InChI=1S/C17H17Cl2NO/c1-11(20-15(21)16(2)10-17(16,18)19)13-9-5-7-12-6-3-4-8-14(12)13/h3-9,11H,10H2,1-2H3,(H,20,21). The van der Waals surface area contributed by atoms with Gasteiger partial charge in [0.2, 0.25) is 5.91 Å². The van der Waals surface area contributed by atoms with Crippen LogP contribution in [0.3, 0.4) is 0 Å². The predicted molar refractivity (Wildman–Crippen MR) is 87.7 cm³/mol. The van der Waals surface area contributed by atoms with Crippen LogP contribution in [0.2, 0.25) is 0 Å². The Hall–Kier alpha value is -1.25. The number of hydrogen-bond donors (Lipinski definition) is 1. The highest BCUT2D eigenvalue weighted by atomic mass is 35.5. The number of fused-ring (bicyclic) bond motifs is 1. The zero-order valence-corrected chi connectivity index (χ0v) is 13.5. The minimum atomic E-state index is -0.935. The summed E-state index contributed by atoms with van der Waals surface area (Å²) in [5.41, 5.74) is 0.412. The van der Waals surface area contributed by atoms with E-state index < -0.39 is 9.75 Å². The highest BCUT2D eigenvalue weighted by Gasteiger charge is 2.67. The quantitative estimate of drug-likeness (QED) is 0.822. The molecule has 2 aromatic rings. The van der Waals surface area contributed by atoms with E-state index in [1.54, 1.807) is 6.92 Å². The molecule has 1 amide bonds. The molecule has 0 heterocycles. The predicted octanol–water partition coefficient (Wildman–Crippen LogP) is 4.60. The summed E-state index contributed by atoms with van der Waals surface area (Å²) in [5, 5.41) is 5.35. The summed E-state index contributed by atoms with van der Waals surface area (Å²) in [5.74, 6) is -0.0899. The van der Waals surface area contributed by atoms with Gasteiger partial charge < -0.3 is 5.32 Å². The van der Waals surface area contributed by atoms with Crippen LogP contribution < -0.4 is 5.32 Å². The zero-order valence-electron chi connectivity index (χ0n) is 12.0. The number of nitrogens with one attached hydrogen (secondary N) is 1. The highest BCUT2D eigenvalue weighted by Crippen LogP contribution is 2.63. The molecule has 0 spiro atoms. The van der Waals surface area contributed by atoms with Crippen LogP contribution in [0.15, 0.2) is 42.5 Å². The monoisotopic (exact) mass is 321 g/mol. The van der Waals surface area contributed by atoms with E-state index in [1.807, 2.05) is 31.2 Å². The van der Waals surface area contributed by atoms with Crippen LogP contribution in [0.25, 0.3) is 10.8 Å². The average molecular weight is 322 g/mol. The smallest absolute Gasteiger partial charge is 0.229 e. The molecule has 0 radical (unpaired) electrons. The normalized spacial score (nSPS) is 24.6. The molecule has 4 heteroatoms. The van der Waals surface area contributed by atoms with Crippen molar-refractivity contribution in [1.82, 2.24) is 5.32 Å². The molecule has 2 aromatic carbocycles. The molecule has 1 saturated carbocycles. The third-order valence-corrected chi connectivity index (χ3v) is 5.50. The molecule has 0 aromatic heterocycles. The second-order valence-electron chi connectivity index (χ2n) is 5.98. The SMILES string of the molecule is CC(NC(=O)C1(C)CC1(Cl)Cl)c1cccc2ccccc12. The molecule has 1 aliphatic rings. The Labute approximate surface area is 134 Å². The summed E-state index contributed by atoms with van der Waals surface area (Å²) in [4.78, 5) is 12.4. The van der Waals surface area contributed by atoms with E-state index in [0.717, 1.165) is 16.3 Å². The van der Waals surface area contributed by atoms with Crippen LogP contribution in [0.5, 0.6) is 0 Å². The number of alkyl halides is 2. The molecule has 21 heavy (non-hydrogen) atoms. The number of amides is 1. The molecule has 1 N–H and O–H groups in total. The Balaban J connectivity index is 1.85. The summed E-state index contributed by atoms with van der Waals surface area (Å²) in [6.07, 6.45) is 0.497. The van der Waals surface area contributed by atoms with E-state index >= 15 is 0 Å². The second-order valence-corrected chi connectivity index (χ2v) is 7.46. The minimum absolute atomic E-state index is 0.0899. The van der Waals surface area contributed by atoms with Gasteiger partial charge in [0.05, 0.1) is 11.5 Å². The van der Waals surface area contributed by atoms with Crippen LogP contribution in [0.4, 0.5) is 0 Å². The van der Waals surface area contributed by atoms with Crippen molar-refractivity contribution in [2.24, 2.45) is 5.41 Å². The van der Waals surface area contributed by atoms with Crippen molar-refractivity contribution in [3.63, 3.8) is 0 Å². The topological polar surface area (TPSA) is 29.1 Å². The van der Waals surface area contributed by atoms with Crippen molar-refractivity contribution in [2.45, 2.75) is 30.6 Å². The van der Waals surface area contributed by atoms with Crippen molar-refractivity contribution in [1.29, 1.82) is 0 Å². The number of hydrogen-bond acceptors (Lipinski definition) is 1. The van der Waals surface area contributed by atoms with Crippen molar-refractivity contribution >= 4 is 39.9 Å². The summed E-state index contributed by atoms with van der Waals surface area (Å²) in [6.45, 7) is 3.79. The molecule has 0 saturated heterocycles. The van der Waals surface area contributed by atoms with E-state index in [-0.39, 0.29) is 11.9 Å². The van der Waals surface area contributed by atoms with E-state index in [9.17, 15) is 4.79 Å². The van der Waals surface area contributed by atoms with Gasteiger partial charge in [-0.2, -0.15) is 0 Å². The molecular formula is C17H17Cl2NO. The maximum absolute atomic E-state index is 12.4. The van der Waals surface area contributed by atoms with Gasteiger partial charge >= 0.3 is 0 Å². The van der Waals surface area contributed by atoms with E-state index in [0.29, 0.717) is 6.42 Å². The molecular weight excluding hydrogens is 305 g/mol. The van der Waals surface area contributed by atoms with Crippen LogP contribution in [-0.4, -0.2) is 10.2 Å². The second kappa shape index (κ2) is 4.89. The van der Waals surface area contributed by atoms with Crippen LogP contribution in [-0.2, 0) is 4.79 Å². The minimum Gasteiger partial charge on any atom is -0.349 e. The number of halogens is 2. The van der Waals surface area contributed by atoms with Gasteiger partial charge in [0.1, 0.15) is 4.33 Å². The maximum Gasteiger partial charge on any atom is 0.229 e. The lowest BCUT2D eigenvalue weighted by atomic mass is 9.99. The molecule has 1 fully saturated rings. The number of carbonyl (C=O) groups is 1. The lowest BCUT2D eigenvalue weighted by Gasteiger charge is -2.20. The highest BCUT2D eigenvalue weighted by molar-refractivity contribution is 6.53. The Morgan fingerprint density at radius 2 is 1.81 bits per heavy atom. The summed E-state index contributed by atoms with van der Waals surface area (Å²) in [7, 11) is 0. The molecule has 2 nitrogen and oxygen atoms in total. The third kappa shape index (κ3) is 2.41. The maximum atomic E-state index is 12.4. The van der Waals surface area contributed by atoms with Crippen molar-refractivity contribution in [3.8, 4) is 0 Å². The Morgan fingerprint density at radius 3 is 2.48 bits per heavy atom. The zero-order chi connectivity index (χ0) is 15.3. The first-order valence-corrected chi connectivity index (χ1v) is 7.77. The van der Waals surface area contributed by atoms with Crippen molar-refractivity contribution in [2.75, 3.05) is 0 Å². The molecule has 0 bridgehead atoms. The first-order valence-electron chi connectivity index (χ1n) is 7.02. The molecule has 2 atom stereocenters. The fourth-order valence-corrected chi connectivity index (χ4v) is 3.41. The number of benzene rings is 2. The Bertz CT molecular complexity index is 708. The van der Waals surface area contributed by atoms with Gasteiger partial charge in [0.15, 0.2) is 0 Å². The van der Waals surface area contributed by atoms with Gasteiger partial charge in [-0.1, -0.05) is 42.5 Å². The average Bonchev–Trinajstić information content (AvgIpc) is 2.98. The summed E-state index contributed by atoms with van der Waals surface area (Å²) >= 11 is 12.1. The van der Waals surface area contributed by atoms with Gasteiger partial charge in [-0.15, -0.1) is 23.2 Å². The number of carbonyl (C=O) groups excluding carboxylic acids is 1.